The third kappa shape index (κ3) is 4.49. The first kappa shape index (κ1) is 15.4. The average molecular weight is 274 g/mol. The molecule has 0 aliphatic carbocycles. The Morgan fingerprint density at radius 3 is 2.68 bits per heavy atom. The van der Waals surface area contributed by atoms with E-state index in [2.05, 4.69) is 9.47 Å². The Balaban J connectivity index is 2.52. The summed E-state index contributed by atoms with van der Waals surface area (Å²) in [6.45, 7) is 1.77. The number of aliphatic hydroxyl groups is 1. The fourth-order valence-corrected chi connectivity index (χ4v) is 1.94. The fraction of sp³-hybridized carbons (Fsp3) is 0.727. The first-order chi connectivity index (χ1) is 8.97. The van der Waals surface area contributed by atoms with E-state index < -0.39 is 30.1 Å². The monoisotopic (exact) mass is 274 g/mol. The molecule has 1 heterocycles. The number of aliphatic hydroxyl groups excluding tert-OH is 1. The predicted molar refractivity (Wildman–Crippen MR) is 63.2 cm³/mol. The smallest absolute Gasteiger partial charge is 0.413 e. The summed E-state index contributed by atoms with van der Waals surface area (Å²) in [6.07, 6.45) is -1.32. The van der Waals surface area contributed by atoms with Gasteiger partial charge in [-0.2, -0.15) is 0 Å². The second-order valence-electron chi connectivity index (χ2n) is 4.13. The number of likely N-dealkylation sites (tertiary alicyclic amines) is 1. The van der Waals surface area contributed by atoms with Gasteiger partial charge in [-0.15, -0.1) is 0 Å². The number of nitrogens with zero attached hydrogens (tertiary/aromatic N) is 1. The zero-order chi connectivity index (χ0) is 14.4. The quantitative estimate of drug-likeness (QED) is 0.625. The number of hydrogen-bond acceptors (Lipinski definition) is 7. The number of hydrogen-bond donors (Lipinski definition) is 2. The summed E-state index contributed by atoms with van der Waals surface area (Å²) in [6, 6.07) is -0.673. The molecule has 0 aromatic heterocycles. The van der Waals surface area contributed by atoms with Crippen molar-refractivity contribution in [3.63, 3.8) is 0 Å². The molecule has 2 unspecified atom stereocenters. The Morgan fingerprint density at radius 2 is 2.11 bits per heavy atom. The third-order valence-electron chi connectivity index (χ3n) is 2.72. The van der Waals surface area contributed by atoms with Gasteiger partial charge in [0.2, 0.25) is 5.91 Å². The van der Waals surface area contributed by atoms with Gasteiger partial charge in [-0.1, -0.05) is 0 Å². The van der Waals surface area contributed by atoms with Crippen molar-refractivity contribution < 1.29 is 29.0 Å². The molecule has 108 valence electrons. The molecule has 1 saturated heterocycles. The zero-order valence-corrected chi connectivity index (χ0v) is 10.9. The summed E-state index contributed by atoms with van der Waals surface area (Å²) in [5.41, 5.74) is 0. The highest BCUT2D eigenvalue weighted by molar-refractivity contribution is 5.93. The summed E-state index contributed by atoms with van der Waals surface area (Å²) in [4.78, 5) is 35.6. The maximum Gasteiger partial charge on any atom is 0.413 e. The number of alkyl carbamates (subject to hydrolysis) is 1. The lowest BCUT2D eigenvalue weighted by atomic mass is 10.2. The van der Waals surface area contributed by atoms with Crippen molar-refractivity contribution in [2.45, 2.75) is 25.5 Å². The Hall–Kier alpha value is -1.67. The number of nitrogens with one attached hydrogen (secondary N) is 1. The van der Waals surface area contributed by atoms with Crippen LogP contribution in [0.2, 0.25) is 0 Å². The number of rotatable bonds is 4. The van der Waals surface area contributed by atoms with Crippen LogP contribution < -0.4 is 5.32 Å². The van der Waals surface area contributed by atoms with Crippen molar-refractivity contribution in [2.24, 2.45) is 0 Å². The molecule has 8 heteroatoms. The normalized spacial score (nSPS) is 22.9. The average Bonchev–Trinajstić information content (AvgIpc) is 2.69. The van der Waals surface area contributed by atoms with Gasteiger partial charge in [0.05, 0.1) is 26.4 Å². The number of esters is 1. The number of carbonyl (C=O) groups excluding carboxylic acids is 3. The predicted octanol–water partition coefficient (Wildman–Crippen LogP) is -1.13. The number of amides is 2. The summed E-state index contributed by atoms with van der Waals surface area (Å²) in [7, 11) is 1.24. The van der Waals surface area contributed by atoms with E-state index in [1.54, 1.807) is 6.92 Å². The highest BCUT2D eigenvalue weighted by Gasteiger charge is 2.37. The van der Waals surface area contributed by atoms with Crippen LogP contribution in [0.4, 0.5) is 4.79 Å². The lowest BCUT2D eigenvalue weighted by Crippen LogP contribution is -2.45. The number of ether oxygens (including phenoxy) is 2. The highest BCUT2D eigenvalue weighted by atomic mass is 16.5. The van der Waals surface area contributed by atoms with E-state index in [4.69, 9.17) is 0 Å². The summed E-state index contributed by atoms with van der Waals surface area (Å²) in [5.74, 6) is -1.11. The molecule has 0 spiro atoms. The van der Waals surface area contributed by atoms with Gasteiger partial charge in [-0.05, 0) is 6.92 Å². The first-order valence-electron chi connectivity index (χ1n) is 5.94. The summed E-state index contributed by atoms with van der Waals surface area (Å²) in [5, 5.41) is 11.5. The van der Waals surface area contributed by atoms with Gasteiger partial charge in [-0.3, -0.25) is 19.8 Å². The van der Waals surface area contributed by atoms with E-state index in [9.17, 15) is 19.5 Å². The van der Waals surface area contributed by atoms with E-state index >= 15 is 0 Å². The molecule has 1 aliphatic rings. The molecule has 8 nitrogen and oxygen atoms in total. The van der Waals surface area contributed by atoms with Crippen molar-refractivity contribution in [2.75, 3.05) is 26.8 Å². The lowest BCUT2D eigenvalue weighted by molar-refractivity contribution is -0.146. The topological polar surface area (TPSA) is 105 Å². The molecule has 19 heavy (non-hydrogen) atoms. The molecule has 0 aromatic carbocycles. The molecule has 0 aromatic rings. The van der Waals surface area contributed by atoms with Crippen molar-refractivity contribution in [1.82, 2.24) is 10.2 Å². The lowest BCUT2D eigenvalue weighted by Gasteiger charge is -2.20. The van der Waals surface area contributed by atoms with Crippen molar-refractivity contribution in [1.29, 1.82) is 0 Å². The highest BCUT2D eigenvalue weighted by Crippen LogP contribution is 2.18. The Morgan fingerprint density at radius 1 is 1.42 bits per heavy atom. The van der Waals surface area contributed by atoms with E-state index in [-0.39, 0.29) is 26.1 Å². The molecule has 1 aliphatic heterocycles. The van der Waals surface area contributed by atoms with Crippen molar-refractivity contribution >= 4 is 18.0 Å². The van der Waals surface area contributed by atoms with Crippen LogP contribution in [0.25, 0.3) is 0 Å². The Kier molecular flexibility index (Phi) is 5.71. The van der Waals surface area contributed by atoms with Gasteiger partial charge in [0.1, 0.15) is 6.04 Å². The maximum absolute atomic E-state index is 11.6. The maximum atomic E-state index is 11.6. The van der Waals surface area contributed by atoms with Crippen LogP contribution in [0.3, 0.4) is 0 Å². The molecule has 0 saturated carbocycles. The number of imide groups is 1. The minimum atomic E-state index is -0.832. The van der Waals surface area contributed by atoms with Crippen LogP contribution in [0, 0.1) is 0 Å². The second kappa shape index (κ2) is 7.05. The third-order valence-corrected chi connectivity index (χ3v) is 2.72. The van der Waals surface area contributed by atoms with Crippen LogP contribution in [0.15, 0.2) is 0 Å². The minimum absolute atomic E-state index is 0.159. The van der Waals surface area contributed by atoms with Crippen LogP contribution in [-0.2, 0) is 19.1 Å². The second-order valence-corrected chi connectivity index (χ2v) is 4.13. The molecule has 2 amide bonds. The number of methoxy groups -OCH3 is 1. The van der Waals surface area contributed by atoms with Gasteiger partial charge < -0.3 is 14.6 Å². The molecule has 0 bridgehead atoms. The minimum Gasteiger partial charge on any atom is -0.468 e. The van der Waals surface area contributed by atoms with Gasteiger partial charge in [0, 0.05) is 13.0 Å². The van der Waals surface area contributed by atoms with Crippen LogP contribution in [0.5, 0.6) is 0 Å². The van der Waals surface area contributed by atoms with Crippen LogP contribution in [-0.4, -0.2) is 66.9 Å². The van der Waals surface area contributed by atoms with Gasteiger partial charge in [0.25, 0.3) is 0 Å². The molecule has 1 rings (SSSR count). The van der Waals surface area contributed by atoms with Crippen LogP contribution in [0.1, 0.15) is 13.3 Å². The van der Waals surface area contributed by atoms with E-state index in [0.717, 1.165) is 0 Å². The summed E-state index contributed by atoms with van der Waals surface area (Å²) < 4.78 is 9.16. The number of carbonyl (C=O) groups is 3. The summed E-state index contributed by atoms with van der Waals surface area (Å²) >= 11 is 0. The van der Waals surface area contributed by atoms with Crippen LogP contribution >= 0.6 is 0 Å². The van der Waals surface area contributed by atoms with E-state index in [1.165, 1.54) is 12.0 Å². The van der Waals surface area contributed by atoms with Crippen molar-refractivity contribution in [3.8, 4) is 0 Å². The molecule has 1 fully saturated rings. The molecule has 2 atom stereocenters. The molecular formula is C11H18N2O6. The van der Waals surface area contributed by atoms with Gasteiger partial charge in [-0.25, -0.2) is 4.79 Å². The molecule has 2 N–H and O–H groups in total. The van der Waals surface area contributed by atoms with E-state index in [1.807, 2.05) is 5.32 Å². The number of β-amino-alcohol motifs (C(OH)–C–C–N with tert-alkyl or cyclic N) is 1. The SMILES string of the molecule is CCOC(=O)NC(=O)CN1CC(O)CC1C(=O)OC. The fourth-order valence-electron chi connectivity index (χ4n) is 1.94. The molecular weight excluding hydrogens is 256 g/mol. The zero-order valence-electron chi connectivity index (χ0n) is 10.9. The van der Waals surface area contributed by atoms with Gasteiger partial charge >= 0.3 is 12.1 Å². The standard InChI is InChI=1S/C11H18N2O6/c1-3-19-11(17)12-9(15)6-13-5-7(14)4-8(13)10(16)18-2/h7-8,14H,3-6H2,1-2H3,(H,12,15,17). The Labute approximate surface area is 110 Å². The van der Waals surface area contributed by atoms with Crippen molar-refractivity contribution in [3.05, 3.63) is 0 Å². The van der Waals surface area contributed by atoms with Gasteiger partial charge in [0.15, 0.2) is 0 Å². The molecule has 0 radical (unpaired) electrons. The first-order valence-corrected chi connectivity index (χ1v) is 5.94. The Bertz CT molecular complexity index is 359. The van der Waals surface area contributed by atoms with E-state index in [0.29, 0.717) is 0 Å². The largest absolute Gasteiger partial charge is 0.468 e.